The van der Waals surface area contributed by atoms with E-state index in [0.717, 1.165) is 30.0 Å². The molecule has 0 amide bonds. The summed E-state index contributed by atoms with van der Waals surface area (Å²) in [7, 11) is -0.945. The van der Waals surface area contributed by atoms with Crippen molar-refractivity contribution >= 4 is 22.4 Å². The zero-order valence-electron chi connectivity index (χ0n) is 11.2. The molecule has 18 heavy (non-hydrogen) atoms. The molecule has 0 radical (unpaired) electrons. The predicted molar refractivity (Wildman–Crippen MR) is 79.2 cm³/mol. The standard InChI is InChI=1S/C12H21N3OS.H2O/c1-4-15(8-7-14-17(3)16)11-5-6-12(13)10(2)9-11;/h5-6,9,14H,4,7-8,13H2,1-3H3;1H2. The van der Waals surface area contributed by atoms with Crippen molar-refractivity contribution in [3.63, 3.8) is 0 Å². The van der Waals surface area contributed by atoms with E-state index in [9.17, 15) is 4.21 Å². The Balaban J connectivity index is 0.00000289. The van der Waals surface area contributed by atoms with Crippen molar-refractivity contribution in [2.75, 3.05) is 36.5 Å². The molecule has 1 aromatic rings. The summed E-state index contributed by atoms with van der Waals surface area (Å²) in [5.41, 5.74) is 8.86. The van der Waals surface area contributed by atoms with Crippen LogP contribution in [0, 0.1) is 6.92 Å². The molecule has 0 aliphatic carbocycles. The highest BCUT2D eigenvalue weighted by Crippen LogP contribution is 2.20. The van der Waals surface area contributed by atoms with Gasteiger partial charge in [-0.1, -0.05) is 0 Å². The van der Waals surface area contributed by atoms with Gasteiger partial charge in [-0.05, 0) is 37.6 Å². The molecule has 0 aromatic heterocycles. The summed E-state index contributed by atoms with van der Waals surface area (Å²) in [5.74, 6) is 0. The summed E-state index contributed by atoms with van der Waals surface area (Å²) >= 11 is 0. The Hall–Kier alpha value is -1.11. The first-order valence-corrected chi connectivity index (χ1v) is 7.28. The number of hydrogen-bond acceptors (Lipinski definition) is 3. The lowest BCUT2D eigenvalue weighted by atomic mass is 10.1. The molecular formula is C12H23N3O2S. The highest BCUT2D eigenvalue weighted by atomic mass is 32.2. The minimum absolute atomic E-state index is 0. The summed E-state index contributed by atoms with van der Waals surface area (Å²) in [4.78, 5) is 2.23. The third-order valence-corrected chi connectivity index (χ3v) is 3.30. The molecule has 1 unspecified atom stereocenters. The zero-order valence-corrected chi connectivity index (χ0v) is 12.0. The Labute approximate surface area is 111 Å². The van der Waals surface area contributed by atoms with Crippen LogP contribution in [0.1, 0.15) is 12.5 Å². The molecule has 0 bridgehead atoms. The van der Waals surface area contributed by atoms with E-state index in [-0.39, 0.29) is 5.48 Å². The molecule has 1 atom stereocenters. The monoisotopic (exact) mass is 273 g/mol. The number of rotatable bonds is 6. The Kier molecular flexibility index (Phi) is 7.58. The maximum atomic E-state index is 10.9. The molecular weight excluding hydrogens is 250 g/mol. The number of nitrogen functional groups attached to an aromatic ring is 1. The van der Waals surface area contributed by atoms with E-state index in [2.05, 4.69) is 22.6 Å². The van der Waals surface area contributed by atoms with Gasteiger partial charge in [0.2, 0.25) is 0 Å². The molecule has 0 spiro atoms. The first-order valence-electron chi connectivity index (χ1n) is 5.72. The predicted octanol–water partition coefficient (Wildman–Crippen LogP) is 0.462. The Morgan fingerprint density at radius 1 is 1.44 bits per heavy atom. The molecule has 0 saturated heterocycles. The summed E-state index contributed by atoms with van der Waals surface area (Å²) < 4.78 is 13.8. The van der Waals surface area contributed by atoms with Gasteiger partial charge >= 0.3 is 0 Å². The highest BCUT2D eigenvalue weighted by molar-refractivity contribution is 7.82. The lowest BCUT2D eigenvalue weighted by molar-refractivity contribution is 0.673. The van der Waals surface area contributed by atoms with E-state index < -0.39 is 11.0 Å². The smallest absolute Gasteiger partial charge is 0.0884 e. The van der Waals surface area contributed by atoms with Crippen LogP contribution in [0.2, 0.25) is 0 Å². The number of nitrogens with zero attached hydrogens (tertiary/aromatic N) is 1. The van der Waals surface area contributed by atoms with E-state index in [1.807, 2.05) is 19.1 Å². The third kappa shape index (κ3) is 5.03. The Bertz CT molecular complexity index is 399. The zero-order chi connectivity index (χ0) is 12.8. The summed E-state index contributed by atoms with van der Waals surface area (Å²) in [6, 6.07) is 6.04. The molecule has 0 saturated carbocycles. The molecule has 5 N–H and O–H groups in total. The number of hydrogen-bond donors (Lipinski definition) is 2. The van der Waals surface area contributed by atoms with Crippen molar-refractivity contribution in [3.8, 4) is 0 Å². The lowest BCUT2D eigenvalue weighted by Crippen LogP contribution is -2.32. The fourth-order valence-corrected chi connectivity index (χ4v) is 2.03. The molecule has 0 fully saturated rings. The molecule has 1 aromatic carbocycles. The van der Waals surface area contributed by atoms with E-state index in [1.54, 1.807) is 6.26 Å². The van der Waals surface area contributed by atoms with Crippen LogP contribution in [0.15, 0.2) is 18.2 Å². The number of nitrogens with two attached hydrogens (primary N) is 1. The van der Waals surface area contributed by atoms with Crippen molar-refractivity contribution in [2.24, 2.45) is 0 Å². The van der Waals surface area contributed by atoms with Crippen LogP contribution in [0.4, 0.5) is 11.4 Å². The molecule has 0 aliphatic rings. The number of nitrogens with one attached hydrogen (secondary N) is 1. The van der Waals surface area contributed by atoms with Crippen molar-refractivity contribution in [2.45, 2.75) is 13.8 Å². The largest absolute Gasteiger partial charge is 0.412 e. The normalized spacial score (nSPS) is 11.7. The van der Waals surface area contributed by atoms with Gasteiger partial charge in [0.25, 0.3) is 0 Å². The summed E-state index contributed by atoms with van der Waals surface area (Å²) in [6.07, 6.45) is 1.64. The topological polar surface area (TPSA) is 89.9 Å². The minimum Gasteiger partial charge on any atom is -0.412 e. The van der Waals surface area contributed by atoms with Gasteiger partial charge in [0.1, 0.15) is 0 Å². The molecule has 6 heteroatoms. The van der Waals surface area contributed by atoms with Gasteiger partial charge in [0, 0.05) is 37.3 Å². The fourth-order valence-electron chi connectivity index (χ4n) is 1.65. The fraction of sp³-hybridized carbons (Fsp3) is 0.500. The van der Waals surface area contributed by atoms with Crippen molar-refractivity contribution < 1.29 is 9.69 Å². The number of aryl methyl sites for hydroxylation is 1. The van der Waals surface area contributed by atoms with Crippen LogP contribution < -0.4 is 15.4 Å². The molecule has 0 heterocycles. The highest BCUT2D eigenvalue weighted by Gasteiger charge is 2.05. The van der Waals surface area contributed by atoms with Crippen molar-refractivity contribution in [1.29, 1.82) is 0 Å². The molecule has 5 nitrogen and oxygen atoms in total. The number of likely N-dealkylation sites (N-methyl/N-ethyl adjacent to an activating group) is 1. The Morgan fingerprint density at radius 2 is 2.11 bits per heavy atom. The lowest BCUT2D eigenvalue weighted by Gasteiger charge is -2.23. The second kappa shape index (κ2) is 8.07. The SMILES string of the molecule is CCN(CCNS(C)=O)c1ccc(N)c(C)c1.O. The van der Waals surface area contributed by atoms with Gasteiger partial charge in [-0.25, -0.2) is 8.93 Å². The minimum atomic E-state index is -0.945. The maximum absolute atomic E-state index is 10.9. The Morgan fingerprint density at radius 3 is 2.61 bits per heavy atom. The van der Waals surface area contributed by atoms with Gasteiger partial charge in [-0.3, -0.25) is 0 Å². The van der Waals surface area contributed by atoms with Crippen LogP contribution in [0.25, 0.3) is 0 Å². The maximum Gasteiger partial charge on any atom is 0.0884 e. The summed E-state index contributed by atoms with van der Waals surface area (Å²) in [6.45, 7) is 6.57. The number of anilines is 2. The van der Waals surface area contributed by atoms with Gasteiger partial charge < -0.3 is 16.1 Å². The van der Waals surface area contributed by atoms with Crippen LogP contribution >= 0.6 is 0 Å². The third-order valence-electron chi connectivity index (χ3n) is 2.69. The van der Waals surface area contributed by atoms with Crippen LogP contribution in [-0.4, -0.2) is 35.6 Å². The first-order chi connectivity index (χ1) is 8.04. The van der Waals surface area contributed by atoms with E-state index in [0.29, 0.717) is 6.54 Å². The number of benzene rings is 1. The van der Waals surface area contributed by atoms with Gasteiger partial charge in [-0.15, -0.1) is 0 Å². The average molecular weight is 273 g/mol. The second-order valence-electron chi connectivity index (χ2n) is 3.97. The van der Waals surface area contributed by atoms with Crippen molar-refractivity contribution in [1.82, 2.24) is 4.72 Å². The van der Waals surface area contributed by atoms with E-state index in [4.69, 9.17) is 5.73 Å². The van der Waals surface area contributed by atoms with Gasteiger partial charge in [0.05, 0.1) is 11.0 Å². The van der Waals surface area contributed by atoms with Gasteiger partial charge in [-0.2, -0.15) is 0 Å². The van der Waals surface area contributed by atoms with Crippen molar-refractivity contribution in [3.05, 3.63) is 23.8 Å². The first kappa shape index (κ1) is 16.9. The average Bonchev–Trinajstić information content (AvgIpc) is 2.28. The van der Waals surface area contributed by atoms with E-state index in [1.165, 1.54) is 0 Å². The summed E-state index contributed by atoms with van der Waals surface area (Å²) in [5, 5.41) is 0. The molecule has 1 rings (SSSR count). The molecule has 0 aliphatic heterocycles. The van der Waals surface area contributed by atoms with Crippen LogP contribution in [0.3, 0.4) is 0 Å². The van der Waals surface area contributed by atoms with Crippen LogP contribution in [-0.2, 0) is 11.0 Å². The second-order valence-corrected chi connectivity index (χ2v) is 5.17. The van der Waals surface area contributed by atoms with E-state index >= 15 is 0 Å². The van der Waals surface area contributed by atoms with Gasteiger partial charge in [0.15, 0.2) is 0 Å². The quantitative estimate of drug-likeness (QED) is 0.738. The van der Waals surface area contributed by atoms with Crippen LogP contribution in [0.5, 0.6) is 0 Å². The molecule has 104 valence electrons.